The zero-order valence-electron chi connectivity index (χ0n) is 9.01. The van der Waals surface area contributed by atoms with Crippen LogP contribution in [0.4, 0.5) is 0 Å². The number of aryl methyl sites for hydroxylation is 2. The molecule has 0 bridgehead atoms. The van der Waals surface area contributed by atoms with Crippen molar-refractivity contribution in [3.63, 3.8) is 0 Å². The molecule has 0 aromatic carbocycles. The van der Waals surface area contributed by atoms with Gasteiger partial charge in [-0.05, 0) is 25.5 Å². The van der Waals surface area contributed by atoms with Crippen molar-refractivity contribution < 1.29 is 9.90 Å². The van der Waals surface area contributed by atoms with Crippen molar-refractivity contribution in [3.05, 3.63) is 41.5 Å². The van der Waals surface area contributed by atoms with Gasteiger partial charge in [0.1, 0.15) is 0 Å². The second-order valence-electron chi connectivity index (χ2n) is 3.63. The molecule has 0 fully saturated rings. The van der Waals surface area contributed by atoms with Crippen LogP contribution in [0.1, 0.15) is 21.6 Å². The summed E-state index contributed by atoms with van der Waals surface area (Å²) in [6.45, 7) is 3.64. The van der Waals surface area contributed by atoms with Crippen molar-refractivity contribution >= 4 is 5.97 Å². The summed E-state index contributed by atoms with van der Waals surface area (Å²) < 4.78 is 1.53. The minimum absolute atomic E-state index is 0.0708. The Labute approximate surface area is 92.4 Å². The largest absolute Gasteiger partial charge is 0.476 e. The van der Waals surface area contributed by atoms with Gasteiger partial charge < -0.3 is 5.11 Å². The van der Waals surface area contributed by atoms with Crippen molar-refractivity contribution in [2.45, 2.75) is 13.8 Å². The molecule has 2 aromatic rings. The second-order valence-corrected chi connectivity index (χ2v) is 3.63. The number of hydrogen-bond acceptors (Lipinski definition) is 3. The highest BCUT2D eigenvalue weighted by molar-refractivity contribution is 5.86. The number of hydrogen-bond donors (Lipinski definition) is 1. The monoisotopic (exact) mass is 217 g/mol. The summed E-state index contributed by atoms with van der Waals surface area (Å²) in [5.74, 6) is -1.02. The van der Waals surface area contributed by atoms with Gasteiger partial charge in [0.15, 0.2) is 5.69 Å². The molecule has 16 heavy (non-hydrogen) atoms. The van der Waals surface area contributed by atoms with E-state index in [9.17, 15) is 4.79 Å². The first-order valence-corrected chi connectivity index (χ1v) is 4.79. The van der Waals surface area contributed by atoms with Gasteiger partial charge in [-0.15, -0.1) is 0 Å². The van der Waals surface area contributed by atoms with E-state index < -0.39 is 5.97 Å². The molecule has 82 valence electrons. The van der Waals surface area contributed by atoms with E-state index >= 15 is 0 Å². The Morgan fingerprint density at radius 2 is 2.12 bits per heavy atom. The van der Waals surface area contributed by atoms with Gasteiger partial charge in [-0.2, -0.15) is 5.10 Å². The molecule has 2 heterocycles. The summed E-state index contributed by atoms with van der Waals surface area (Å²) in [5, 5.41) is 12.9. The molecular formula is C11H11N3O2. The van der Waals surface area contributed by atoms with Crippen LogP contribution in [-0.2, 0) is 0 Å². The third-order valence-corrected chi connectivity index (χ3v) is 2.22. The Kier molecular flexibility index (Phi) is 2.44. The number of rotatable bonds is 2. The van der Waals surface area contributed by atoms with Crippen LogP contribution in [0.3, 0.4) is 0 Å². The van der Waals surface area contributed by atoms with Gasteiger partial charge in [-0.25, -0.2) is 9.48 Å². The van der Waals surface area contributed by atoms with Crippen LogP contribution in [-0.4, -0.2) is 25.8 Å². The van der Waals surface area contributed by atoms with Gasteiger partial charge in [-0.1, -0.05) is 0 Å². The SMILES string of the molecule is Cc1cncc(-n2cc(C)c(C(=O)O)n2)c1. The van der Waals surface area contributed by atoms with E-state index in [2.05, 4.69) is 10.1 Å². The summed E-state index contributed by atoms with van der Waals surface area (Å²) >= 11 is 0. The maximum Gasteiger partial charge on any atom is 0.356 e. The molecule has 0 spiro atoms. The average molecular weight is 217 g/mol. The van der Waals surface area contributed by atoms with Crippen molar-refractivity contribution in [1.29, 1.82) is 0 Å². The highest BCUT2D eigenvalue weighted by Crippen LogP contribution is 2.11. The molecule has 5 nitrogen and oxygen atoms in total. The molecule has 0 aliphatic carbocycles. The number of carbonyl (C=O) groups is 1. The molecule has 5 heteroatoms. The first-order chi connectivity index (χ1) is 7.58. The van der Waals surface area contributed by atoms with Crippen molar-refractivity contribution in [1.82, 2.24) is 14.8 Å². The van der Waals surface area contributed by atoms with Crippen LogP contribution in [0, 0.1) is 13.8 Å². The summed E-state index contributed by atoms with van der Waals surface area (Å²) in [5.41, 5.74) is 2.47. The maximum atomic E-state index is 10.8. The zero-order valence-corrected chi connectivity index (χ0v) is 9.01. The van der Waals surface area contributed by atoms with Gasteiger partial charge in [0.2, 0.25) is 0 Å². The minimum Gasteiger partial charge on any atom is -0.476 e. The molecular weight excluding hydrogens is 206 g/mol. The van der Waals surface area contributed by atoms with E-state index in [1.807, 2.05) is 13.0 Å². The Bertz CT molecular complexity index is 546. The summed E-state index contributed by atoms with van der Waals surface area (Å²) in [6.07, 6.45) is 5.06. The highest BCUT2D eigenvalue weighted by atomic mass is 16.4. The molecule has 0 saturated carbocycles. The first-order valence-electron chi connectivity index (χ1n) is 4.79. The van der Waals surface area contributed by atoms with Gasteiger partial charge in [0.05, 0.1) is 11.9 Å². The Balaban J connectivity index is 2.49. The molecule has 0 saturated heterocycles. The lowest BCUT2D eigenvalue weighted by Gasteiger charge is -2.00. The van der Waals surface area contributed by atoms with Crippen LogP contribution in [0.5, 0.6) is 0 Å². The topological polar surface area (TPSA) is 68.0 Å². The molecule has 0 radical (unpaired) electrons. The van der Waals surface area contributed by atoms with Gasteiger partial charge in [0, 0.05) is 18.0 Å². The van der Waals surface area contributed by atoms with Crippen molar-refractivity contribution in [2.75, 3.05) is 0 Å². The lowest BCUT2D eigenvalue weighted by molar-refractivity contribution is 0.0689. The minimum atomic E-state index is -1.02. The Morgan fingerprint density at radius 3 is 2.69 bits per heavy atom. The average Bonchev–Trinajstić information content (AvgIpc) is 2.60. The van der Waals surface area contributed by atoms with Crippen LogP contribution < -0.4 is 0 Å². The fourth-order valence-corrected chi connectivity index (χ4v) is 1.47. The number of nitrogens with zero attached hydrogens (tertiary/aromatic N) is 3. The maximum absolute atomic E-state index is 10.8. The standard InChI is InChI=1S/C11H11N3O2/c1-7-3-9(5-12-4-7)14-6-8(2)10(13-14)11(15)16/h3-6H,1-2H3,(H,15,16). The van der Waals surface area contributed by atoms with Crippen LogP contribution in [0.15, 0.2) is 24.7 Å². The van der Waals surface area contributed by atoms with Crippen LogP contribution >= 0.6 is 0 Å². The smallest absolute Gasteiger partial charge is 0.356 e. The fourth-order valence-electron chi connectivity index (χ4n) is 1.47. The van der Waals surface area contributed by atoms with Crippen molar-refractivity contribution in [3.8, 4) is 5.69 Å². The Morgan fingerprint density at radius 1 is 1.38 bits per heavy atom. The molecule has 0 aliphatic heterocycles. The predicted molar refractivity (Wildman–Crippen MR) is 57.8 cm³/mol. The number of aromatic nitrogens is 3. The van der Waals surface area contributed by atoms with E-state index in [0.29, 0.717) is 5.56 Å². The third kappa shape index (κ3) is 1.79. The Hall–Kier alpha value is -2.17. The predicted octanol–water partition coefficient (Wildman–Crippen LogP) is 1.58. The molecule has 2 rings (SSSR count). The summed E-state index contributed by atoms with van der Waals surface area (Å²) in [6, 6.07) is 1.89. The van der Waals surface area contributed by atoms with Crippen molar-refractivity contribution in [2.24, 2.45) is 0 Å². The quantitative estimate of drug-likeness (QED) is 0.829. The molecule has 0 aliphatic rings. The molecule has 0 amide bonds. The molecule has 2 aromatic heterocycles. The number of carboxylic acid groups (broad SMARTS) is 1. The highest BCUT2D eigenvalue weighted by Gasteiger charge is 2.12. The summed E-state index contributed by atoms with van der Waals surface area (Å²) in [4.78, 5) is 14.9. The second kappa shape index (κ2) is 3.77. The summed E-state index contributed by atoms with van der Waals surface area (Å²) in [7, 11) is 0. The fraction of sp³-hybridized carbons (Fsp3) is 0.182. The third-order valence-electron chi connectivity index (χ3n) is 2.22. The first kappa shape index (κ1) is 10.4. The van der Waals surface area contributed by atoms with E-state index in [1.165, 1.54) is 4.68 Å². The van der Waals surface area contributed by atoms with Crippen LogP contribution in [0.25, 0.3) is 5.69 Å². The number of carboxylic acids is 1. The van der Waals surface area contributed by atoms with E-state index in [1.54, 1.807) is 25.5 Å². The number of pyridine rings is 1. The molecule has 1 N–H and O–H groups in total. The lowest BCUT2D eigenvalue weighted by Crippen LogP contribution is -2.02. The molecule has 0 atom stereocenters. The van der Waals surface area contributed by atoms with Gasteiger partial charge >= 0.3 is 5.97 Å². The van der Waals surface area contributed by atoms with E-state index in [-0.39, 0.29) is 5.69 Å². The van der Waals surface area contributed by atoms with E-state index in [4.69, 9.17) is 5.11 Å². The van der Waals surface area contributed by atoms with Gasteiger partial charge in [0.25, 0.3) is 0 Å². The van der Waals surface area contributed by atoms with Gasteiger partial charge in [-0.3, -0.25) is 4.98 Å². The normalized spacial score (nSPS) is 10.4. The molecule has 0 unspecified atom stereocenters. The zero-order chi connectivity index (χ0) is 11.7. The van der Waals surface area contributed by atoms with Crippen LogP contribution in [0.2, 0.25) is 0 Å². The number of aromatic carboxylic acids is 1. The lowest BCUT2D eigenvalue weighted by atomic mass is 10.3. The van der Waals surface area contributed by atoms with E-state index in [0.717, 1.165) is 11.3 Å².